The Morgan fingerprint density at radius 3 is 2.88 bits per heavy atom. The Bertz CT molecular complexity index is 906. The summed E-state index contributed by atoms with van der Waals surface area (Å²) in [7, 11) is 1.72. The SMILES string of the molecule is COc1ccccc1N1CCC(Nc2nccn3c(C(C)C)nnc23)C1. The molecule has 1 aromatic carbocycles. The Balaban J connectivity index is 1.53. The zero-order valence-corrected chi connectivity index (χ0v) is 15.4. The Hall–Kier alpha value is -2.83. The third-order valence-corrected chi connectivity index (χ3v) is 4.82. The second-order valence-corrected chi connectivity index (χ2v) is 6.93. The van der Waals surface area contributed by atoms with E-state index >= 15 is 0 Å². The van der Waals surface area contributed by atoms with Crippen molar-refractivity contribution < 1.29 is 4.74 Å². The molecule has 1 aliphatic rings. The van der Waals surface area contributed by atoms with Crippen LogP contribution in [0, 0.1) is 0 Å². The van der Waals surface area contributed by atoms with Crippen molar-refractivity contribution in [1.82, 2.24) is 19.6 Å². The van der Waals surface area contributed by atoms with E-state index in [0.29, 0.717) is 12.0 Å². The first-order valence-electron chi connectivity index (χ1n) is 9.01. The maximum Gasteiger partial charge on any atom is 0.203 e. The molecule has 1 aliphatic heterocycles. The number of hydrogen-bond acceptors (Lipinski definition) is 6. The van der Waals surface area contributed by atoms with Crippen molar-refractivity contribution in [2.24, 2.45) is 0 Å². The number of nitrogens with one attached hydrogen (secondary N) is 1. The number of aromatic nitrogens is 4. The number of methoxy groups -OCH3 is 1. The molecule has 3 aromatic rings. The summed E-state index contributed by atoms with van der Waals surface area (Å²) in [5, 5.41) is 12.2. The van der Waals surface area contributed by atoms with Crippen LogP contribution in [-0.4, -0.2) is 45.8 Å². The van der Waals surface area contributed by atoms with Gasteiger partial charge < -0.3 is 15.0 Å². The fourth-order valence-corrected chi connectivity index (χ4v) is 3.52. The zero-order chi connectivity index (χ0) is 18.1. The van der Waals surface area contributed by atoms with Crippen molar-refractivity contribution in [1.29, 1.82) is 0 Å². The number of benzene rings is 1. The molecule has 3 heterocycles. The molecule has 0 saturated carbocycles. The summed E-state index contributed by atoms with van der Waals surface area (Å²) in [5.74, 6) is 2.96. The first-order valence-corrected chi connectivity index (χ1v) is 9.01. The van der Waals surface area contributed by atoms with E-state index in [1.807, 2.05) is 28.8 Å². The van der Waals surface area contributed by atoms with E-state index in [1.165, 1.54) is 0 Å². The second kappa shape index (κ2) is 6.82. The largest absolute Gasteiger partial charge is 0.495 e. The first kappa shape index (κ1) is 16.6. The fourth-order valence-electron chi connectivity index (χ4n) is 3.52. The molecule has 7 nitrogen and oxygen atoms in total. The minimum atomic E-state index is 0.304. The van der Waals surface area contributed by atoms with Crippen molar-refractivity contribution in [3.8, 4) is 5.75 Å². The number of anilines is 2. The van der Waals surface area contributed by atoms with Gasteiger partial charge in [0.05, 0.1) is 12.8 Å². The van der Waals surface area contributed by atoms with Crippen LogP contribution in [-0.2, 0) is 0 Å². The van der Waals surface area contributed by atoms with Gasteiger partial charge >= 0.3 is 0 Å². The van der Waals surface area contributed by atoms with E-state index in [0.717, 1.165) is 48.2 Å². The quantitative estimate of drug-likeness (QED) is 0.761. The van der Waals surface area contributed by atoms with Crippen molar-refractivity contribution in [2.45, 2.75) is 32.2 Å². The number of ether oxygens (including phenoxy) is 1. The number of para-hydroxylation sites is 2. The summed E-state index contributed by atoms with van der Waals surface area (Å²) < 4.78 is 7.52. The van der Waals surface area contributed by atoms with Gasteiger partial charge in [-0.1, -0.05) is 26.0 Å². The van der Waals surface area contributed by atoms with E-state index < -0.39 is 0 Å². The van der Waals surface area contributed by atoms with Gasteiger partial charge in [-0.25, -0.2) is 4.98 Å². The summed E-state index contributed by atoms with van der Waals surface area (Å²) in [5.41, 5.74) is 1.92. The second-order valence-electron chi connectivity index (χ2n) is 6.93. The third kappa shape index (κ3) is 2.94. The maximum atomic E-state index is 5.50. The van der Waals surface area contributed by atoms with Crippen molar-refractivity contribution in [3.63, 3.8) is 0 Å². The molecule has 7 heteroatoms. The minimum absolute atomic E-state index is 0.304. The fraction of sp³-hybridized carbons (Fsp3) is 0.421. The summed E-state index contributed by atoms with van der Waals surface area (Å²) >= 11 is 0. The average Bonchev–Trinajstić information content (AvgIpc) is 3.29. The Labute approximate surface area is 153 Å². The lowest BCUT2D eigenvalue weighted by atomic mass is 10.2. The predicted molar refractivity (Wildman–Crippen MR) is 102 cm³/mol. The average molecular weight is 352 g/mol. The predicted octanol–water partition coefficient (Wildman–Crippen LogP) is 2.95. The van der Waals surface area contributed by atoms with Gasteiger partial charge in [-0.3, -0.25) is 4.40 Å². The van der Waals surface area contributed by atoms with Crippen LogP contribution in [0.1, 0.15) is 32.0 Å². The molecule has 0 amide bonds. The lowest BCUT2D eigenvalue weighted by Gasteiger charge is -2.21. The number of fused-ring (bicyclic) bond motifs is 1. The molecule has 1 atom stereocenters. The highest BCUT2D eigenvalue weighted by Gasteiger charge is 2.25. The third-order valence-electron chi connectivity index (χ3n) is 4.82. The number of rotatable bonds is 5. The van der Waals surface area contributed by atoms with Crippen molar-refractivity contribution >= 4 is 17.2 Å². The molecule has 2 aromatic heterocycles. The maximum absolute atomic E-state index is 5.50. The molecule has 26 heavy (non-hydrogen) atoms. The van der Waals surface area contributed by atoms with Gasteiger partial charge in [0.15, 0.2) is 5.82 Å². The molecule has 0 radical (unpaired) electrons. The van der Waals surface area contributed by atoms with Crippen LogP contribution in [0.4, 0.5) is 11.5 Å². The molecule has 1 N–H and O–H groups in total. The monoisotopic (exact) mass is 352 g/mol. The Kier molecular flexibility index (Phi) is 4.36. The van der Waals surface area contributed by atoms with Crippen LogP contribution in [0.5, 0.6) is 5.75 Å². The molecule has 0 bridgehead atoms. The molecule has 0 spiro atoms. The zero-order valence-electron chi connectivity index (χ0n) is 15.4. The van der Waals surface area contributed by atoms with Gasteiger partial charge in [-0.2, -0.15) is 0 Å². The number of nitrogens with zero attached hydrogens (tertiary/aromatic N) is 5. The topological polar surface area (TPSA) is 67.6 Å². The van der Waals surface area contributed by atoms with Crippen LogP contribution in [0.3, 0.4) is 0 Å². The van der Waals surface area contributed by atoms with Gasteiger partial charge in [-0.05, 0) is 18.6 Å². The Morgan fingerprint density at radius 1 is 1.23 bits per heavy atom. The van der Waals surface area contributed by atoms with Crippen molar-refractivity contribution in [2.75, 3.05) is 30.4 Å². The van der Waals surface area contributed by atoms with Crippen LogP contribution < -0.4 is 15.0 Å². The highest BCUT2D eigenvalue weighted by molar-refractivity contribution is 5.64. The van der Waals surface area contributed by atoms with Gasteiger partial charge in [-0.15, -0.1) is 10.2 Å². The normalized spacial score (nSPS) is 17.2. The van der Waals surface area contributed by atoms with Gasteiger partial charge in [0.1, 0.15) is 11.6 Å². The van der Waals surface area contributed by atoms with Crippen LogP contribution in [0.15, 0.2) is 36.7 Å². The Morgan fingerprint density at radius 2 is 2.08 bits per heavy atom. The summed E-state index contributed by atoms with van der Waals surface area (Å²) in [6, 6.07) is 8.45. The minimum Gasteiger partial charge on any atom is -0.495 e. The van der Waals surface area contributed by atoms with E-state index in [4.69, 9.17) is 4.74 Å². The molecule has 1 saturated heterocycles. The van der Waals surface area contributed by atoms with Crippen LogP contribution >= 0.6 is 0 Å². The first-order chi connectivity index (χ1) is 12.7. The van der Waals surface area contributed by atoms with Gasteiger partial charge in [0, 0.05) is 37.4 Å². The van der Waals surface area contributed by atoms with E-state index in [1.54, 1.807) is 13.3 Å². The number of hydrogen-bond donors (Lipinski definition) is 1. The van der Waals surface area contributed by atoms with Gasteiger partial charge in [0.25, 0.3) is 0 Å². The van der Waals surface area contributed by atoms with E-state index in [2.05, 4.69) is 45.3 Å². The van der Waals surface area contributed by atoms with Crippen molar-refractivity contribution in [3.05, 3.63) is 42.5 Å². The molecule has 1 unspecified atom stereocenters. The summed E-state index contributed by atoms with van der Waals surface area (Å²) in [6.07, 6.45) is 4.76. The molecule has 1 fully saturated rings. The smallest absolute Gasteiger partial charge is 0.203 e. The summed E-state index contributed by atoms with van der Waals surface area (Å²) in [4.78, 5) is 6.84. The van der Waals surface area contributed by atoms with Crippen LogP contribution in [0.2, 0.25) is 0 Å². The van der Waals surface area contributed by atoms with E-state index in [9.17, 15) is 0 Å². The lowest BCUT2D eigenvalue weighted by Crippen LogP contribution is -2.26. The highest BCUT2D eigenvalue weighted by atomic mass is 16.5. The molecule has 4 rings (SSSR count). The standard InChI is InChI=1S/C19H24N6O/c1-13(2)18-22-23-19-17(20-9-11-25(18)19)21-14-8-10-24(12-14)15-6-4-5-7-16(15)26-3/h4-7,9,11,13-14H,8,10,12H2,1-3H3,(H,20,21). The molecular weight excluding hydrogens is 328 g/mol. The van der Waals surface area contributed by atoms with Crippen LogP contribution in [0.25, 0.3) is 5.65 Å². The lowest BCUT2D eigenvalue weighted by molar-refractivity contribution is 0.415. The highest BCUT2D eigenvalue weighted by Crippen LogP contribution is 2.31. The summed E-state index contributed by atoms with van der Waals surface area (Å²) in [6.45, 7) is 6.11. The molecular formula is C19H24N6O. The van der Waals surface area contributed by atoms with E-state index in [-0.39, 0.29) is 0 Å². The molecule has 136 valence electrons. The van der Waals surface area contributed by atoms with Gasteiger partial charge in [0.2, 0.25) is 5.65 Å². The molecule has 0 aliphatic carbocycles.